The molecular formula is C10H10ClN3O. The van der Waals surface area contributed by atoms with Crippen molar-refractivity contribution in [2.24, 2.45) is 0 Å². The average molecular weight is 224 g/mol. The van der Waals surface area contributed by atoms with Crippen LogP contribution in [-0.4, -0.2) is 21.9 Å². The largest absolute Gasteiger partial charge is 0.495 e. The molecule has 1 aromatic heterocycles. The maximum Gasteiger partial charge on any atom is 0.152 e. The van der Waals surface area contributed by atoms with Crippen LogP contribution >= 0.6 is 11.6 Å². The molecule has 0 aliphatic rings. The summed E-state index contributed by atoms with van der Waals surface area (Å²) in [5.41, 5.74) is 0.889. The van der Waals surface area contributed by atoms with Crippen molar-refractivity contribution in [1.29, 1.82) is 0 Å². The number of para-hydroxylation sites is 2. The molecule has 2 aromatic rings. The van der Waals surface area contributed by atoms with E-state index in [1.54, 1.807) is 13.4 Å². The van der Waals surface area contributed by atoms with E-state index in [1.165, 1.54) is 0 Å². The number of hydrogen-bond acceptors (Lipinski definition) is 3. The molecular weight excluding hydrogens is 214 g/mol. The molecule has 0 radical (unpaired) electrons. The quantitative estimate of drug-likeness (QED) is 0.748. The molecule has 0 bridgehead atoms. The summed E-state index contributed by atoms with van der Waals surface area (Å²) in [5.74, 6) is 1.78. The van der Waals surface area contributed by atoms with Crippen LogP contribution in [0.4, 0.5) is 0 Å². The monoisotopic (exact) mass is 223 g/mol. The molecule has 15 heavy (non-hydrogen) atoms. The SMILES string of the molecule is COc1ccccc1-n1cnnc1CCl. The first kappa shape index (κ1) is 9.98. The zero-order valence-corrected chi connectivity index (χ0v) is 8.98. The molecule has 1 heterocycles. The predicted octanol–water partition coefficient (Wildman–Crippen LogP) is 2.01. The molecule has 0 saturated heterocycles. The Bertz CT molecular complexity index is 455. The summed E-state index contributed by atoms with van der Waals surface area (Å²) in [6.07, 6.45) is 1.62. The average Bonchev–Trinajstić information content (AvgIpc) is 2.76. The first-order valence-electron chi connectivity index (χ1n) is 4.45. The number of ether oxygens (including phenoxy) is 1. The van der Waals surface area contributed by atoms with Gasteiger partial charge in [0.1, 0.15) is 12.1 Å². The van der Waals surface area contributed by atoms with Crippen LogP contribution in [0.1, 0.15) is 5.82 Å². The third-order valence-corrected chi connectivity index (χ3v) is 2.32. The van der Waals surface area contributed by atoms with Gasteiger partial charge >= 0.3 is 0 Å². The summed E-state index contributed by atoms with van der Waals surface area (Å²) in [4.78, 5) is 0. The Morgan fingerprint density at radius 3 is 2.93 bits per heavy atom. The van der Waals surface area contributed by atoms with E-state index in [0.29, 0.717) is 11.7 Å². The lowest BCUT2D eigenvalue weighted by molar-refractivity contribution is 0.412. The molecule has 78 valence electrons. The van der Waals surface area contributed by atoms with Crippen LogP contribution in [0.5, 0.6) is 5.75 Å². The lowest BCUT2D eigenvalue weighted by Crippen LogP contribution is -2.00. The zero-order valence-electron chi connectivity index (χ0n) is 8.22. The topological polar surface area (TPSA) is 39.9 Å². The van der Waals surface area contributed by atoms with Crippen molar-refractivity contribution in [3.63, 3.8) is 0 Å². The predicted molar refractivity (Wildman–Crippen MR) is 57.5 cm³/mol. The molecule has 0 N–H and O–H groups in total. The molecule has 0 amide bonds. The van der Waals surface area contributed by atoms with Gasteiger partial charge in [0, 0.05) is 0 Å². The van der Waals surface area contributed by atoms with Crippen molar-refractivity contribution < 1.29 is 4.74 Å². The molecule has 0 aliphatic heterocycles. The standard InChI is InChI=1S/C10H10ClN3O/c1-15-9-5-3-2-4-8(9)14-7-12-13-10(14)6-11/h2-5,7H,6H2,1H3. The fourth-order valence-corrected chi connectivity index (χ4v) is 1.56. The molecule has 1 aromatic carbocycles. The molecule has 0 spiro atoms. The van der Waals surface area contributed by atoms with Crippen molar-refractivity contribution in [3.05, 3.63) is 36.4 Å². The Balaban J connectivity index is 2.53. The van der Waals surface area contributed by atoms with Gasteiger partial charge in [0.05, 0.1) is 18.7 Å². The van der Waals surface area contributed by atoms with Gasteiger partial charge in [-0.1, -0.05) is 12.1 Å². The number of hydrogen-bond donors (Lipinski definition) is 0. The van der Waals surface area contributed by atoms with E-state index in [4.69, 9.17) is 16.3 Å². The summed E-state index contributed by atoms with van der Waals surface area (Å²) in [5, 5.41) is 7.73. The number of rotatable bonds is 3. The lowest BCUT2D eigenvalue weighted by Gasteiger charge is -2.09. The third-order valence-electron chi connectivity index (χ3n) is 2.08. The molecule has 2 rings (SSSR count). The Morgan fingerprint density at radius 1 is 1.40 bits per heavy atom. The van der Waals surface area contributed by atoms with Crippen LogP contribution in [0.2, 0.25) is 0 Å². The van der Waals surface area contributed by atoms with E-state index < -0.39 is 0 Å². The highest BCUT2D eigenvalue weighted by Gasteiger charge is 2.08. The van der Waals surface area contributed by atoms with E-state index >= 15 is 0 Å². The highest BCUT2D eigenvalue weighted by atomic mass is 35.5. The number of aromatic nitrogens is 3. The van der Waals surface area contributed by atoms with Gasteiger partial charge in [-0.05, 0) is 12.1 Å². The molecule has 5 heteroatoms. The van der Waals surface area contributed by atoms with E-state index in [-0.39, 0.29) is 0 Å². The third kappa shape index (κ3) is 1.80. The van der Waals surface area contributed by atoms with Crippen molar-refractivity contribution in [2.45, 2.75) is 5.88 Å². The number of methoxy groups -OCH3 is 1. The maximum atomic E-state index is 5.75. The van der Waals surface area contributed by atoms with Crippen LogP contribution in [0.25, 0.3) is 5.69 Å². The lowest BCUT2D eigenvalue weighted by atomic mass is 10.3. The van der Waals surface area contributed by atoms with Crippen LogP contribution in [-0.2, 0) is 5.88 Å². The smallest absolute Gasteiger partial charge is 0.152 e. The van der Waals surface area contributed by atoms with E-state index in [0.717, 1.165) is 11.4 Å². The van der Waals surface area contributed by atoms with Crippen molar-refractivity contribution in [1.82, 2.24) is 14.8 Å². The molecule has 0 aliphatic carbocycles. The van der Waals surface area contributed by atoms with E-state index in [9.17, 15) is 0 Å². The highest BCUT2D eigenvalue weighted by molar-refractivity contribution is 6.16. The summed E-state index contributed by atoms with van der Waals surface area (Å²) in [6, 6.07) is 7.65. The minimum atomic E-state index is 0.318. The molecule has 0 fully saturated rings. The van der Waals surface area contributed by atoms with Gasteiger partial charge < -0.3 is 4.74 Å². The number of benzene rings is 1. The minimum absolute atomic E-state index is 0.318. The fraction of sp³-hybridized carbons (Fsp3) is 0.200. The first-order valence-corrected chi connectivity index (χ1v) is 4.98. The Hall–Kier alpha value is -1.55. The van der Waals surface area contributed by atoms with Gasteiger partial charge in [0.25, 0.3) is 0 Å². The summed E-state index contributed by atoms with van der Waals surface area (Å²) < 4.78 is 7.06. The molecule has 4 nitrogen and oxygen atoms in total. The fourth-order valence-electron chi connectivity index (χ4n) is 1.38. The normalized spacial score (nSPS) is 10.3. The highest BCUT2D eigenvalue weighted by Crippen LogP contribution is 2.22. The van der Waals surface area contributed by atoms with Gasteiger partial charge in [-0.2, -0.15) is 0 Å². The molecule has 0 unspecified atom stereocenters. The second kappa shape index (κ2) is 4.31. The van der Waals surface area contributed by atoms with Gasteiger partial charge in [-0.3, -0.25) is 4.57 Å². The van der Waals surface area contributed by atoms with Crippen LogP contribution in [0.3, 0.4) is 0 Å². The maximum absolute atomic E-state index is 5.75. The summed E-state index contributed by atoms with van der Waals surface area (Å²) in [7, 11) is 1.63. The van der Waals surface area contributed by atoms with Crippen molar-refractivity contribution in [3.8, 4) is 11.4 Å². The van der Waals surface area contributed by atoms with Gasteiger partial charge in [-0.15, -0.1) is 21.8 Å². The summed E-state index contributed by atoms with van der Waals surface area (Å²) >= 11 is 5.75. The van der Waals surface area contributed by atoms with Crippen molar-refractivity contribution >= 4 is 11.6 Å². The molecule has 0 atom stereocenters. The second-order valence-electron chi connectivity index (χ2n) is 2.92. The Morgan fingerprint density at radius 2 is 2.20 bits per heavy atom. The number of nitrogens with zero attached hydrogens (tertiary/aromatic N) is 3. The first-order chi connectivity index (χ1) is 7.36. The number of alkyl halides is 1. The molecule has 0 saturated carbocycles. The second-order valence-corrected chi connectivity index (χ2v) is 3.19. The van der Waals surface area contributed by atoms with Crippen molar-refractivity contribution in [2.75, 3.05) is 7.11 Å². The van der Waals surface area contributed by atoms with Gasteiger partial charge in [-0.25, -0.2) is 0 Å². The Kier molecular flexibility index (Phi) is 2.87. The summed E-state index contributed by atoms with van der Waals surface area (Å²) in [6.45, 7) is 0. The van der Waals surface area contributed by atoms with Gasteiger partial charge in [0.15, 0.2) is 5.82 Å². The van der Waals surface area contributed by atoms with Crippen LogP contribution in [0.15, 0.2) is 30.6 Å². The Labute approximate surface area is 92.5 Å². The van der Waals surface area contributed by atoms with Gasteiger partial charge in [0.2, 0.25) is 0 Å². The number of halogens is 1. The van der Waals surface area contributed by atoms with Crippen LogP contribution in [0, 0.1) is 0 Å². The van der Waals surface area contributed by atoms with Crippen LogP contribution < -0.4 is 4.74 Å². The van der Waals surface area contributed by atoms with E-state index in [1.807, 2.05) is 28.8 Å². The minimum Gasteiger partial charge on any atom is -0.495 e. The van der Waals surface area contributed by atoms with E-state index in [2.05, 4.69) is 10.2 Å². The zero-order chi connectivity index (χ0) is 10.7.